The van der Waals surface area contributed by atoms with Crippen molar-refractivity contribution < 1.29 is 9.59 Å². The second kappa shape index (κ2) is 6.08. The molecule has 128 valence electrons. The van der Waals surface area contributed by atoms with Gasteiger partial charge >= 0.3 is 0 Å². The molecule has 1 aliphatic heterocycles. The second-order valence-corrected chi connectivity index (χ2v) is 6.34. The zero-order valence-electron chi connectivity index (χ0n) is 13.7. The van der Waals surface area contributed by atoms with Crippen molar-refractivity contribution in [3.05, 3.63) is 59.7 Å². The number of hydrogen-bond donors (Lipinski definition) is 2. The third-order valence-corrected chi connectivity index (χ3v) is 4.72. The van der Waals surface area contributed by atoms with Crippen LogP contribution in [0.15, 0.2) is 42.7 Å². The van der Waals surface area contributed by atoms with E-state index in [1.54, 1.807) is 6.07 Å². The van der Waals surface area contributed by atoms with Crippen LogP contribution in [0.25, 0.3) is 5.52 Å². The molecule has 1 atom stereocenters. The van der Waals surface area contributed by atoms with Gasteiger partial charge in [-0.3, -0.25) is 14.7 Å². The Balaban J connectivity index is 1.65. The van der Waals surface area contributed by atoms with Crippen LogP contribution in [0, 0.1) is 0 Å². The second-order valence-electron chi connectivity index (χ2n) is 6.34. The Morgan fingerprint density at radius 1 is 1.24 bits per heavy atom. The largest absolute Gasteiger partial charge is 0.364 e. The maximum Gasteiger partial charge on any atom is 0.269 e. The molecule has 0 radical (unpaired) electrons. The lowest BCUT2D eigenvalue weighted by molar-refractivity contribution is 0.0606. The van der Waals surface area contributed by atoms with E-state index < -0.39 is 5.91 Å². The topological polar surface area (TPSA) is 96.5 Å². The Morgan fingerprint density at radius 2 is 2.12 bits per heavy atom. The summed E-state index contributed by atoms with van der Waals surface area (Å²) in [5.41, 5.74) is 7.88. The molecule has 4 heterocycles. The molecule has 0 aromatic carbocycles. The lowest BCUT2D eigenvalue weighted by Crippen LogP contribution is -2.38. The number of amides is 2. The van der Waals surface area contributed by atoms with Gasteiger partial charge in [-0.05, 0) is 43.5 Å². The fourth-order valence-corrected chi connectivity index (χ4v) is 3.47. The van der Waals surface area contributed by atoms with Gasteiger partial charge in [0.25, 0.3) is 11.8 Å². The van der Waals surface area contributed by atoms with E-state index in [2.05, 4.69) is 10.2 Å². The average Bonchev–Trinajstić information content (AvgIpc) is 3.28. The predicted molar refractivity (Wildman–Crippen MR) is 92.1 cm³/mol. The number of pyridine rings is 1. The van der Waals surface area contributed by atoms with Gasteiger partial charge in [-0.1, -0.05) is 6.07 Å². The molecule has 2 amide bonds. The first-order chi connectivity index (χ1) is 12.1. The van der Waals surface area contributed by atoms with E-state index in [1.807, 2.05) is 46.0 Å². The summed E-state index contributed by atoms with van der Waals surface area (Å²) in [6, 6.07) is 9.28. The van der Waals surface area contributed by atoms with Crippen LogP contribution in [-0.4, -0.2) is 37.9 Å². The predicted octanol–water partition coefficient (Wildman–Crippen LogP) is 2.13. The number of nitrogens with two attached hydrogens (primary N) is 1. The van der Waals surface area contributed by atoms with Crippen LogP contribution in [0.5, 0.6) is 0 Å². The van der Waals surface area contributed by atoms with Gasteiger partial charge in [0, 0.05) is 24.5 Å². The van der Waals surface area contributed by atoms with Crippen molar-refractivity contribution in [3.8, 4) is 0 Å². The molecule has 7 nitrogen and oxygen atoms in total. The lowest BCUT2D eigenvalue weighted by Gasteiger charge is -2.34. The van der Waals surface area contributed by atoms with Gasteiger partial charge in [-0.15, -0.1) is 0 Å². The van der Waals surface area contributed by atoms with Gasteiger partial charge in [-0.2, -0.15) is 5.10 Å². The number of primary amides is 1. The van der Waals surface area contributed by atoms with Crippen molar-refractivity contribution in [1.82, 2.24) is 19.5 Å². The van der Waals surface area contributed by atoms with Crippen LogP contribution < -0.4 is 5.73 Å². The fourth-order valence-electron chi connectivity index (χ4n) is 3.47. The molecule has 3 N–H and O–H groups in total. The smallest absolute Gasteiger partial charge is 0.269 e. The fraction of sp³-hybridized carbons (Fsp3) is 0.278. The molecule has 3 aromatic heterocycles. The average molecular weight is 337 g/mol. The molecule has 0 saturated carbocycles. The van der Waals surface area contributed by atoms with Crippen molar-refractivity contribution in [1.29, 1.82) is 0 Å². The molecule has 0 aliphatic carbocycles. The number of piperidine rings is 1. The molecule has 1 saturated heterocycles. The maximum atomic E-state index is 13.1. The molecule has 25 heavy (non-hydrogen) atoms. The number of carbonyl (C=O) groups excluding carboxylic acids is 2. The minimum Gasteiger partial charge on any atom is -0.364 e. The highest BCUT2D eigenvalue weighted by molar-refractivity contribution is 5.96. The number of rotatable bonds is 3. The molecule has 3 aromatic rings. The highest BCUT2D eigenvalue weighted by Crippen LogP contribution is 2.31. The van der Waals surface area contributed by atoms with Crippen LogP contribution in [0.4, 0.5) is 0 Å². The van der Waals surface area contributed by atoms with Gasteiger partial charge in [0.2, 0.25) is 0 Å². The third-order valence-electron chi connectivity index (χ3n) is 4.72. The SMILES string of the molecule is NC(=O)c1cc(C2CCCCN2C(=O)c2cc3ccccn3c2)[nH]n1. The Labute approximate surface area is 144 Å². The van der Waals surface area contributed by atoms with Gasteiger partial charge in [-0.25, -0.2) is 0 Å². The monoisotopic (exact) mass is 337 g/mol. The van der Waals surface area contributed by atoms with E-state index in [0.29, 0.717) is 12.1 Å². The quantitative estimate of drug-likeness (QED) is 0.766. The lowest BCUT2D eigenvalue weighted by atomic mass is 9.98. The molecule has 4 rings (SSSR count). The summed E-state index contributed by atoms with van der Waals surface area (Å²) < 4.78 is 1.94. The van der Waals surface area contributed by atoms with Gasteiger partial charge in [0.05, 0.1) is 17.3 Å². The van der Waals surface area contributed by atoms with E-state index in [9.17, 15) is 9.59 Å². The summed E-state index contributed by atoms with van der Waals surface area (Å²) in [5.74, 6) is -0.585. The Kier molecular flexibility index (Phi) is 3.76. The van der Waals surface area contributed by atoms with Crippen LogP contribution in [0.1, 0.15) is 51.8 Å². The van der Waals surface area contributed by atoms with Crippen molar-refractivity contribution in [2.75, 3.05) is 6.54 Å². The molecule has 1 aliphatic rings. The highest BCUT2D eigenvalue weighted by atomic mass is 16.2. The molecule has 1 fully saturated rings. The highest BCUT2D eigenvalue weighted by Gasteiger charge is 2.30. The number of nitrogens with zero attached hydrogens (tertiary/aromatic N) is 3. The number of aromatic amines is 1. The molecular weight excluding hydrogens is 318 g/mol. The zero-order chi connectivity index (χ0) is 17.4. The zero-order valence-corrected chi connectivity index (χ0v) is 13.7. The van der Waals surface area contributed by atoms with Crippen LogP contribution in [0.2, 0.25) is 0 Å². The summed E-state index contributed by atoms with van der Waals surface area (Å²) in [4.78, 5) is 26.2. The van der Waals surface area contributed by atoms with Crippen LogP contribution >= 0.6 is 0 Å². The van der Waals surface area contributed by atoms with Crippen molar-refractivity contribution >= 4 is 17.3 Å². The van der Waals surface area contributed by atoms with Gasteiger partial charge in [0.1, 0.15) is 5.69 Å². The first-order valence-electron chi connectivity index (χ1n) is 8.36. The number of hydrogen-bond acceptors (Lipinski definition) is 3. The van der Waals surface area contributed by atoms with Crippen molar-refractivity contribution in [3.63, 3.8) is 0 Å². The number of fused-ring (bicyclic) bond motifs is 1. The number of aromatic nitrogens is 3. The normalized spacial score (nSPS) is 17.8. The Bertz CT molecular complexity index is 909. The number of carbonyl (C=O) groups is 2. The number of likely N-dealkylation sites (tertiary alicyclic amines) is 1. The van der Waals surface area contributed by atoms with Gasteiger partial charge < -0.3 is 15.0 Å². The summed E-state index contributed by atoms with van der Waals surface area (Å²) in [6.07, 6.45) is 6.60. The van der Waals surface area contributed by atoms with E-state index in [0.717, 1.165) is 30.5 Å². The molecular formula is C18H19N5O2. The van der Waals surface area contributed by atoms with E-state index in [-0.39, 0.29) is 17.6 Å². The molecule has 0 bridgehead atoms. The summed E-state index contributed by atoms with van der Waals surface area (Å²) in [6.45, 7) is 0.681. The first-order valence-corrected chi connectivity index (χ1v) is 8.36. The molecule has 7 heteroatoms. The molecule has 0 spiro atoms. The maximum absolute atomic E-state index is 13.1. The standard InChI is InChI=1S/C18H19N5O2/c19-17(24)15-10-14(20-21-15)16-6-2-4-8-23(16)18(25)12-9-13-5-1-3-7-22(13)11-12/h1,3,5,7,9-11,16H,2,4,6,8H2,(H2,19,24)(H,20,21). The third kappa shape index (κ3) is 2.77. The van der Waals surface area contributed by atoms with Crippen LogP contribution in [-0.2, 0) is 0 Å². The first kappa shape index (κ1) is 15.4. The van der Waals surface area contributed by atoms with Crippen LogP contribution in [0.3, 0.4) is 0 Å². The van der Waals surface area contributed by atoms with E-state index in [4.69, 9.17) is 5.73 Å². The minimum atomic E-state index is -0.574. The van der Waals surface area contributed by atoms with Crippen molar-refractivity contribution in [2.45, 2.75) is 25.3 Å². The number of nitrogens with one attached hydrogen (secondary N) is 1. The summed E-state index contributed by atoms with van der Waals surface area (Å²) in [5, 5.41) is 6.82. The van der Waals surface area contributed by atoms with E-state index in [1.165, 1.54) is 0 Å². The number of H-pyrrole nitrogens is 1. The van der Waals surface area contributed by atoms with Gasteiger partial charge in [0.15, 0.2) is 0 Å². The van der Waals surface area contributed by atoms with E-state index >= 15 is 0 Å². The summed E-state index contributed by atoms with van der Waals surface area (Å²) in [7, 11) is 0. The summed E-state index contributed by atoms with van der Waals surface area (Å²) >= 11 is 0. The minimum absolute atomic E-state index is 0.0105. The molecule has 1 unspecified atom stereocenters. The van der Waals surface area contributed by atoms with Crippen molar-refractivity contribution in [2.24, 2.45) is 5.73 Å². The Morgan fingerprint density at radius 3 is 2.88 bits per heavy atom. The Hall–Kier alpha value is -3.09.